The van der Waals surface area contributed by atoms with Crippen molar-refractivity contribution in [2.45, 2.75) is 38.2 Å². The van der Waals surface area contributed by atoms with Crippen molar-refractivity contribution in [1.82, 2.24) is 0 Å². The highest BCUT2D eigenvalue weighted by Crippen LogP contribution is 2.64. The van der Waals surface area contributed by atoms with E-state index < -0.39 is 23.2 Å². The van der Waals surface area contributed by atoms with Crippen LogP contribution in [0.2, 0.25) is 0 Å². The van der Waals surface area contributed by atoms with Crippen molar-refractivity contribution in [3.05, 3.63) is 101 Å². The molecule has 0 radical (unpaired) electrons. The minimum Gasteiger partial charge on any atom is -0.459 e. The maximum absolute atomic E-state index is 14.1. The summed E-state index contributed by atoms with van der Waals surface area (Å²) in [6, 6.07) is 23.1. The van der Waals surface area contributed by atoms with Crippen molar-refractivity contribution in [2.75, 3.05) is 4.90 Å². The molecule has 2 bridgehead atoms. The van der Waals surface area contributed by atoms with Crippen molar-refractivity contribution in [3.63, 3.8) is 0 Å². The molecule has 7 rings (SSSR count). The summed E-state index contributed by atoms with van der Waals surface area (Å²) in [7, 11) is 0. The molecule has 0 spiro atoms. The van der Waals surface area contributed by atoms with Crippen LogP contribution in [0.25, 0.3) is 0 Å². The minimum absolute atomic E-state index is 0.199. The molecule has 0 saturated carbocycles. The Morgan fingerprint density at radius 2 is 1.41 bits per heavy atom. The Morgan fingerprint density at radius 3 is 2.03 bits per heavy atom. The molecule has 1 aliphatic heterocycles. The van der Waals surface area contributed by atoms with Gasteiger partial charge >= 0.3 is 5.97 Å². The molecule has 34 heavy (non-hydrogen) atoms. The predicted molar refractivity (Wildman–Crippen MR) is 128 cm³/mol. The summed E-state index contributed by atoms with van der Waals surface area (Å²) in [5, 5.41) is 0. The molecule has 0 N–H and O–H groups in total. The number of carbonyl (C=O) groups excluding carboxylic acids is 3. The van der Waals surface area contributed by atoms with Gasteiger partial charge in [-0.15, -0.1) is 0 Å². The van der Waals surface area contributed by atoms with Gasteiger partial charge in [0.05, 0.1) is 29.2 Å². The standard InChI is InChI=1S/C29H25NO4/c1-16(2)34-28(33)19-12-6-9-15-22(19)30-26(31)24-23-17-10-4-7-13-20(17)29(3,25(24)27(30)32)21-14-8-5-11-18(21)23/h4-16,23-25H,1-3H3/t23?,24-,25+,29?/m1/s1. The number of para-hydroxylation sites is 1. The average Bonchev–Trinajstić information content (AvgIpc) is 3.10. The van der Waals surface area contributed by atoms with Gasteiger partial charge in [0.1, 0.15) is 0 Å². The topological polar surface area (TPSA) is 63.7 Å². The van der Waals surface area contributed by atoms with Gasteiger partial charge in [0.2, 0.25) is 11.8 Å². The Kier molecular flexibility index (Phi) is 4.37. The van der Waals surface area contributed by atoms with Gasteiger partial charge in [-0.3, -0.25) is 9.59 Å². The fraction of sp³-hybridized carbons (Fsp3) is 0.276. The molecule has 5 nitrogen and oxygen atoms in total. The third-order valence-electron chi connectivity index (χ3n) is 7.75. The third kappa shape index (κ3) is 2.52. The normalized spacial score (nSPS) is 26.4. The number of ether oxygens (including phenoxy) is 1. The fourth-order valence-corrected chi connectivity index (χ4v) is 6.51. The number of esters is 1. The zero-order valence-corrected chi connectivity index (χ0v) is 19.3. The summed E-state index contributed by atoms with van der Waals surface area (Å²) in [5.74, 6) is -2.30. The van der Waals surface area contributed by atoms with E-state index in [1.54, 1.807) is 38.1 Å². The molecule has 4 aliphatic rings. The molecule has 3 aromatic rings. The second kappa shape index (κ2) is 7.13. The summed E-state index contributed by atoms with van der Waals surface area (Å²) in [6.07, 6.45) is -0.313. The molecule has 3 aromatic carbocycles. The predicted octanol–water partition coefficient (Wildman–Crippen LogP) is 4.82. The lowest BCUT2D eigenvalue weighted by atomic mass is 9.48. The van der Waals surface area contributed by atoms with Gasteiger partial charge in [0.25, 0.3) is 0 Å². The Bertz CT molecular complexity index is 1330. The molecular weight excluding hydrogens is 426 g/mol. The van der Waals surface area contributed by atoms with Gasteiger partial charge in [0.15, 0.2) is 0 Å². The summed E-state index contributed by atoms with van der Waals surface area (Å²) >= 11 is 0. The second-order valence-electron chi connectivity index (χ2n) is 9.84. The SMILES string of the molecule is CC(C)OC(=O)c1ccccc1N1C(=O)[C@@H]2C3c4ccccc4C(C)(c4ccccc43)[C@@H]2C1=O. The van der Waals surface area contributed by atoms with E-state index >= 15 is 0 Å². The number of rotatable bonds is 3. The third-order valence-corrected chi connectivity index (χ3v) is 7.75. The molecule has 170 valence electrons. The average molecular weight is 452 g/mol. The van der Waals surface area contributed by atoms with Gasteiger partial charge in [-0.25, -0.2) is 9.69 Å². The molecule has 1 saturated heterocycles. The molecule has 0 aromatic heterocycles. The zero-order chi connectivity index (χ0) is 23.8. The van der Waals surface area contributed by atoms with Crippen LogP contribution in [0.5, 0.6) is 0 Å². The van der Waals surface area contributed by atoms with Gasteiger partial charge in [0, 0.05) is 11.3 Å². The van der Waals surface area contributed by atoms with Crippen LogP contribution in [0.3, 0.4) is 0 Å². The minimum atomic E-state index is -0.637. The van der Waals surface area contributed by atoms with Crippen LogP contribution >= 0.6 is 0 Å². The van der Waals surface area contributed by atoms with Gasteiger partial charge < -0.3 is 4.74 Å². The Morgan fingerprint density at radius 1 is 0.853 bits per heavy atom. The summed E-state index contributed by atoms with van der Waals surface area (Å²) in [4.78, 5) is 42.3. The van der Waals surface area contributed by atoms with E-state index in [2.05, 4.69) is 31.2 Å². The Balaban J connectivity index is 1.54. The fourth-order valence-electron chi connectivity index (χ4n) is 6.51. The van der Waals surface area contributed by atoms with E-state index in [0.717, 1.165) is 22.3 Å². The summed E-state index contributed by atoms with van der Waals surface area (Å²) < 4.78 is 5.41. The number of amides is 2. The monoisotopic (exact) mass is 451 g/mol. The molecule has 2 atom stereocenters. The second-order valence-corrected chi connectivity index (χ2v) is 9.84. The first-order valence-electron chi connectivity index (χ1n) is 11.7. The largest absolute Gasteiger partial charge is 0.459 e. The molecule has 3 aliphatic carbocycles. The van der Waals surface area contributed by atoms with Gasteiger partial charge in [-0.2, -0.15) is 0 Å². The van der Waals surface area contributed by atoms with Crippen LogP contribution in [0.4, 0.5) is 5.69 Å². The van der Waals surface area contributed by atoms with Gasteiger partial charge in [-0.1, -0.05) is 67.6 Å². The maximum Gasteiger partial charge on any atom is 0.340 e. The number of hydrogen-bond donors (Lipinski definition) is 0. The highest BCUT2D eigenvalue weighted by Gasteiger charge is 2.66. The van der Waals surface area contributed by atoms with Crippen molar-refractivity contribution >= 4 is 23.5 Å². The Hall–Kier alpha value is -3.73. The molecule has 1 heterocycles. The van der Waals surface area contributed by atoms with E-state index in [-0.39, 0.29) is 29.4 Å². The lowest BCUT2D eigenvalue weighted by Gasteiger charge is -2.52. The number of hydrogen-bond acceptors (Lipinski definition) is 4. The van der Waals surface area contributed by atoms with Gasteiger partial charge in [-0.05, 0) is 48.2 Å². The molecule has 0 unspecified atom stereocenters. The number of benzene rings is 3. The van der Waals surface area contributed by atoms with Crippen LogP contribution < -0.4 is 4.90 Å². The molecule has 1 fully saturated rings. The van der Waals surface area contributed by atoms with Crippen LogP contribution in [0, 0.1) is 11.8 Å². The van der Waals surface area contributed by atoms with E-state index in [9.17, 15) is 14.4 Å². The van der Waals surface area contributed by atoms with E-state index in [1.165, 1.54) is 4.90 Å². The van der Waals surface area contributed by atoms with E-state index in [4.69, 9.17) is 4.74 Å². The first-order chi connectivity index (χ1) is 16.4. The highest BCUT2D eigenvalue weighted by molar-refractivity contribution is 6.25. The maximum atomic E-state index is 14.1. The summed E-state index contributed by atoms with van der Waals surface area (Å²) in [5.41, 5.74) is 4.33. The van der Waals surface area contributed by atoms with Crippen LogP contribution in [-0.2, 0) is 19.7 Å². The number of imide groups is 1. The first-order valence-corrected chi connectivity index (χ1v) is 11.7. The molecule has 2 amide bonds. The highest BCUT2D eigenvalue weighted by atomic mass is 16.5. The number of nitrogens with zero attached hydrogens (tertiary/aromatic N) is 1. The van der Waals surface area contributed by atoms with Crippen LogP contribution in [0.15, 0.2) is 72.8 Å². The molecule has 5 heteroatoms. The quantitative estimate of drug-likeness (QED) is 0.423. The number of carbonyl (C=O) groups is 3. The van der Waals surface area contributed by atoms with Crippen LogP contribution in [0.1, 0.15) is 59.3 Å². The van der Waals surface area contributed by atoms with Crippen LogP contribution in [-0.4, -0.2) is 23.9 Å². The lowest BCUT2D eigenvalue weighted by Crippen LogP contribution is -2.51. The number of anilines is 1. The first kappa shape index (κ1) is 20.8. The van der Waals surface area contributed by atoms with E-state index in [1.807, 2.05) is 24.3 Å². The van der Waals surface area contributed by atoms with Crippen molar-refractivity contribution < 1.29 is 19.1 Å². The van der Waals surface area contributed by atoms with Crippen molar-refractivity contribution in [1.29, 1.82) is 0 Å². The van der Waals surface area contributed by atoms with Crippen molar-refractivity contribution in [2.24, 2.45) is 11.8 Å². The van der Waals surface area contributed by atoms with E-state index in [0.29, 0.717) is 5.69 Å². The van der Waals surface area contributed by atoms with Crippen molar-refractivity contribution in [3.8, 4) is 0 Å². The summed E-state index contributed by atoms with van der Waals surface area (Å²) in [6.45, 7) is 5.63. The lowest BCUT2D eigenvalue weighted by molar-refractivity contribution is -0.123. The zero-order valence-electron chi connectivity index (χ0n) is 19.3. The Labute approximate surface area is 198 Å². The smallest absolute Gasteiger partial charge is 0.340 e. The molecular formula is C29H25NO4.